The number of alkyl carbamates (subject to hydrolysis) is 1. The number of nitrogens with one attached hydrogen (secondary N) is 1. The zero-order chi connectivity index (χ0) is 14.8. The quantitative estimate of drug-likeness (QED) is 0.907. The summed E-state index contributed by atoms with van der Waals surface area (Å²) in [6.07, 6.45) is 3.48. The second-order valence-corrected chi connectivity index (χ2v) is 6.18. The first kappa shape index (κ1) is 14.8. The number of nitrogens with zero attached hydrogens (tertiary/aromatic N) is 3. The van der Waals surface area contributed by atoms with Crippen molar-refractivity contribution in [3.05, 3.63) is 17.5 Å². The van der Waals surface area contributed by atoms with Crippen molar-refractivity contribution in [3.63, 3.8) is 0 Å². The minimum Gasteiger partial charge on any atom is -0.444 e. The molecule has 110 valence electrons. The molecule has 6 nitrogen and oxygen atoms in total. The van der Waals surface area contributed by atoms with E-state index in [1.54, 1.807) is 6.20 Å². The SMILES string of the molecule is CC(C)(C)OC(=O)NC1CCN(c2ncncc2Cl)C1. The van der Waals surface area contributed by atoms with E-state index < -0.39 is 11.7 Å². The van der Waals surface area contributed by atoms with Gasteiger partial charge in [-0.3, -0.25) is 0 Å². The topological polar surface area (TPSA) is 67.3 Å². The van der Waals surface area contributed by atoms with Crippen LogP contribution >= 0.6 is 11.6 Å². The lowest BCUT2D eigenvalue weighted by Gasteiger charge is -2.22. The van der Waals surface area contributed by atoms with E-state index in [0.29, 0.717) is 17.4 Å². The highest BCUT2D eigenvalue weighted by Crippen LogP contribution is 2.25. The van der Waals surface area contributed by atoms with Crippen molar-refractivity contribution in [3.8, 4) is 0 Å². The number of anilines is 1. The molecule has 1 aromatic rings. The zero-order valence-corrected chi connectivity index (χ0v) is 12.6. The zero-order valence-electron chi connectivity index (χ0n) is 11.9. The maximum atomic E-state index is 11.7. The largest absolute Gasteiger partial charge is 0.444 e. The van der Waals surface area contributed by atoms with Gasteiger partial charge >= 0.3 is 6.09 Å². The van der Waals surface area contributed by atoms with Crippen molar-refractivity contribution in [1.29, 1.82) is 0 Å². The number of aromatic nitrogens is 2. The average molecular weight is 299 g/mol. The molecule has 1 aliphatic rings. The van der Waals surface area contributed by atoms with E-state index in [-0.39, 0.29) is 6.04 Å². The number of carbonyl (C=O) groups excluding carboxylic acids is 1. The van der Waals surface area contributed by atoms with Crippen LogP contribution in [0.15, 0.2) is 12.5 Å². The molecule has 1 atom stereocenters. The highest BCUT2D eigenvalue weighted by Gasteiger charge is 2.27. The molecule has 0 aliphatic carbocycles. The van der Waals surface area contributed by atoms with E-state index in [1.807, 2.05) is 25.7 Å². The third-order valence-electron chi connectivity index (χ3n) is 2.86. The van der Waals surface area contributed by atoms with Crippen LogP contribution in [-0.2, 0) is 4.74 Å². The maximum absolute atomic E-state index is 11.7. The van der Waals surface area contributed by atoms with Crippen LogP contribution in [0.25, 0.3) is 0 Å². The molecular weight excluding hydrogens is 280 g/mol. The number of ether oxygens (including phenoxy) is 1. The van der Waals surface area contributed by atoms with E-state index in [4.69, 9.17) is 16.3 Å². The summed E-state index contributed by atoms with van der Waals surface area (Å²) in [4.78, 5) is 21.8. The van der Waals surface area contributed by atoms with Crippen LogP contribution in [0, 0.1) is 0 Å². The molecule has 1 saturated heterocycles. The van der Waals surface area contributed by atoms with Gasteiger partial charge in [-0.15, -0.1) is 0 Å². The first-order valence-electron chi connectivity index (χ1n) is 6.55. The molecule has 0 aromatic carbocycles. The van der Waals surface area contributed by atoms with E-state index in [0.717, 1.165) is 13.0 Å². The summed E-state index contributed by atoms with van der Waals surface area (Å²) >= 11 is 6.07. The summed E-state index contributed by atoms with van der Waals surface area (Å²) in [5.41, 5.74) is -0.488. The van der Waals surface area contributed by atoms with Crippen LogP contribution in [0.5, 0.6) is 0 Å². The highest BCUT2D eigenvalue weighted by molar-refractivity contribution is 6.32. The molecule has 0 radical (unpaired) electrons. The number of rotatable bonds is 2. The van der Waals surface area contributed by atoms with Crippen molar-refractivity contribution < 1.29 is 9.53 Å². The van der Waals surface area contributed by atoms with Crippen molar-refractivity contribution in [1.82, 2.24) is 15.3 Å². The van der Waals surface area contributed by atoms with Crippen molar-refractivity contribution >= 4 is 23.5 Å². The molecule has 1 fully saturated rings. The molecule has 2 heterocycles. The Labute approximate surface area is 123 Å². The Morgan fingerprint density at radius 2 is 2.30 bits per heavy atom. The Morgan fingerprint density at radius 3 is 2.95 bits per heavy atom. The van der Waals surface area contributed by atoms with Crippen molar-refractivity contribution in [2.45, 2.75) is 38.8 Å². The van der Waals surface area contributed by atoms with Gasteiger partial charge in [0.2, 0.25) is 0 Å². The fourth-order valence-electron chi connectivity index (χ4n) is 2.08. The molecule has 1 aromatic heterocycles. The predicted octanol–water partition coefficient (Wildman–Crippen LogP) is 2.23. The molecule has 1 aliphatic heterocycles. The van der Waals surface area contributed by atoms with Gasteiger partial charge in [-0.05, 0) is 27.2 Å². The fourth-order valence-corrected chi connectivity index (χ4v) is 2.31. The van der Waals surface area contributed by atoms with Gasteiger partial charge in [-0.25, -0.2) is 14.8 Å². The summed E-state index contributed by atoms with van der Waals surface area (Å²) in [6.45, 7) is 6.98. The molecule has 0 bridgehead atoms. The number of halogens is 1. The predicted molar refractivity (Wildman–Crippen MR) is 77.0 cm³/mol. The van der Waals surface area contributed by atoms with Gasteiger partial charge in [-0.1, -0.05) is 11.6 Å². The van der Waals surface area contributed by atoms with Crippen LogP contribution < -0.4 is 10.2 Å². The van der Waals surface area contributed by atoms with Gasteiger partial charge in [0.05, 0.1) is 12.2 Å². The lowest BCUT2D eigenvalue weighted by Crippen LogP contribution is -2.40. The van der Waals surface area contributed by atoms with Crippen molar-refractivity contribution in [2.75, 3.05) is 18.0 Å². The van der Waals surface area contributed by atoms with E-state index >= 15 is 0 Å². The summed E-state index contributed by atoms with van der Waals surface area (Å²) in [7, 11) is 0. The second kappa shape index (κ2) is 5.83. The van der Waals surface area contributed by atoms with E-state index in [1.165, 1.54) is 6.33 Å². The van der Waals surface area contributed by atoms with E-state index in [9.17, 15) is 4.79 Å². The summed E-state index contributed by atoms with van der Waals surface area (Å²) in [5.74, 6) is 0.704. The van der Waals surface area contributed by atoms with Gasteiger partial charge in [0, 0.05) is 13.1 Å². The molecule has 0 saturated carbocycles. The molecule has 1 unspecified atom stereocenters. The minimum atomic E-state index is -0.488. The van der Waals surface area contributed by atoms with Gasteiger partial charge in [0.1, 0.15) is 17.0 Å². The van der Waals surface area contributed by atoms with Crippen LogP contribution in [0.4, 0.5) is 10.6 Å². The molecule has 7 heteroatoms. The minimum absolute atomic E-state index is 0.0379. The number of amides is 1. The van der Waals surface area contributed by atoms with Crippen LogP contribution in [0.1, 0.15) is 27.2 Å². The first-order chi connectivity index (χ1) is 9.35. The number of hydrogen-bond donors (Lipinski definition) is 1. The molecule has 0 spiro atoms. The Bertz CT molecular complexity index is 490. The summed E-state index contributed by atoms with van der Waals surface area (Å²) in [5, 5.41) is 3.38. The van der Waals surface area contributed by atoms with Gasteiger partial charge in [-0.2, -0.15) is 0 Å². The highest BCUT2D eigenvalue weighted by atomic mass is 35.5. The number of carbonyl (C=O) groups is 1. The number of hydrogen-bond acceptors (Lipinski definition) is 5. The Morgan fingerprint density at radius 1 is 1.55 bits per heavy atom. The smallest absolute Gasteiger partial charge is 0.407 e. The van der Waals surface area contributed by atoms with E-state index in [2.05, 4.69) is 15.3 Å². The molecular formula is C13H19ClN4O2. The van der Waals surface area contributed by atoms with Crippen LogP contribution in [-0.4, -0.2) is 40.8 Å². The first-order valence-corrected chi connectivity index (χ1v) is 6.93. The third kappa shape index (κ3) is 3.96. The second-order valence-electron chi connectivity index (χ2n) is 5.77. The summed E-state index contributed by atoms with van der Waals surface area (Å²) < 4.78 is 5.24. The third-order valence-corrected chi connectivity index (χ3v) is 3.12. The van der Waals surface area contributed by atoms with Crippen molar-refractivity contribution in [2.24, 2.45) is 0 Å². The Hall–Kier alpha value is -1.56. The maximum Gasteiger partial charge on any atom is 0.407 e. The molecule has 1 N–H and O–H groups in total. The molecule has 20 heavy (non-hydrogen) atoms. The van der Waals surface area contributed by atoms with Crippen LogP contribution in [0.3, 0.4) is 0 Å². The summed E-state index contributed by atoms with van der Waals surface area (Å²) in [6, 6.07) is 0.0379. The standard InChI is InChI=1S/C13H19ClN4O2/c1-13(2,3)20-12(19)17-9-4-5-18(7-9)11-10(14)6-15-8-16-11/h6,8-9H,4-5,7H2,1-3H3,(H,17,19). The monoisotopic (exact) mass is 298 g/mol. The average Bonchev–Trinajstić information content (AvgIpc) is 2.75. The fraction of sp³-hybridized carbons (Fsp3) is 0.615. The Balaban J connectivity index is 1.90. The normalized spacial score (nSPS) is 19.0. The lowest BCUT2D eigenvalue weighted by molar-refractivity contribution is 0.0509. The van der Waals surface area contributed by atoms with Gasteiger partial charge in [0.15, 0.2) is 5.82 Å². The lowest BCUT2D eigenvalue weighted by atomic mass is 10.2. The Kier molecular flexibility index (Phi) is 4.32. The van der Waals surface area contributed by atoms with Crippen LogP contribution in [0.2, 0.25) is 5.02 Å². The molecule has 1 amide bonds. The van der Waals surface area contributed by atoms with Gasteiger partial charge < -0.3 is 15.0 Å². The molecule has 2 rings (SSSR count). The van der Waals surface area contributed by atoms with Gasteiger partial charge in [0.25, 0.3) is 0 Å².